The second-order valence-electron chi connectivity index (χ2n) is 9.21. The Morgan fingerprint density at radius 2 is 1.92 bits per heavy atom. The van der Waals surface area contributed by atoms with Gasteiger partial charge in [-0.25, -0.2) is 0 Å². The molecule has 0 aliphatic rings. The molecule has 4 aromatic rings. The van der Waals surface area contributed by atoms with E-state index in [1.807, 2.05) is 76.4 Å². The first kappa shape index (κ1) is 25.1. The second kappa shape index (κ2) is 10.7. The largest absolute Gasteiger partial charge is 0.492 e. The highest BCUT2D eigenvalue weighted by Crippen LogP contribution is 2.30. The number of amides is 1. The van der Waals surface area contributed by atoms with Gasteiger partial charge in [-0.05, 0) is 75.0 Å². The summed E-state index contributed by atoms with van der Waals surface area (Å²) in [5.41, 5.74) is 5.09. The molecule has 2 aromatic heterocycles. The number of benzene rings is 2. The Labute approximate surface area is 211 Å². The first-order valence-corrected chi connectivity index (χ1v) is 11.8. The normalized spacial score (nSPS) is 12.1. The summed E-state index contributed by atoms with van der Waals surface area (Å²) in [4.78, 5) is 19.7. The van der Waals surface area contributed by atoms with E-state index in [2.05, 4.69) is 20.6 Å². The van der Waals surface area contributed by atoms with Crippen molar-refractivity contribution >= 4 is 5.91 Å². The summed E-state index contributed by atoms with van der Waals surface area (Å²) in [6.45, 7) is 6.97. The molecule has 9 heteroatoms. The molecule has 0 aliphatic heterocycles. The standard InChI is InChI=1S/C27H32N6O3/c1-17-7-8-24(35-10-9-32(4)5)14-25(17)27(34)29-18(2)20-11-21(23-15-28-33(6)16-23)13-22(12-20)26-30-19(3)36-31-26/h7-8,11-16,18H,9-10H2,1-6H3,(H,29,34)/t18-/m1/s1. The number of nitrogens with zero attached hydrogens (tertiary/aromatic N) is 5. The van der Waals surface area contributed by atoms with Crippen LogP contribution in [-0.2, 0) is 7.05 Å². The minimum atomic E-state index is -0.279. The molecule has 1 N–H and O–H groups in total. The molecule has 0 saturated carbocycles. The number of ether oxygens (including phenoxy) is 1. The molecular weight excluding hydrogens is 456 g/mol. The number of hydrogen-bond donors (Lipinski definition) is 1. The smallest absolute Gasteiger partial charge is 0.252 e. The van der Waals surface area contributed by atoms with Gasteiger partial charge in [0, 0.05) is 43.4 Å². The Morgan fingerprint density at radius 1 is 1.14 bits per heavy atom. The van der Waals surface area contributed by atoms with Gasteiger partial charge < -0.3 is 19.5 Å². The third kappa shape index (κ3) is 5.98. The van der Waals surface area contributed by atoms with Crippen molar-refractivity contribution in [3.05, 3.63) is 71.4 Å². The molecule has 36 heavy (non-hydrogen) atoms. The van der Waals surface area contributed by atoms with E-state index in [4.69, 9.17) is 9.26 Å². The maximum atomic E-state index is 13.3. The highest BCUT2D eigenvalue weighted by Gasteiger charge is 2.18. The van der Waals surface area contributed by atoms with Crippen molar-refractivity contribution in [1.82, 2.24) is 30.1 Å². The zero-order valence-electron chi connectivity index (χ0n) is 21.6. The number of aryl methyl sites for hydroxylation is 3. The zero-order chi connectivity index (χ0) is 25.8. The maximum absolute atomic E-state index is 13.3. The zero-order valence-corrected chi connectivity index (χ0v) is 21.6. The predicted octanol–water partition coefficient (Wildman–Crippen LogP) is 4.19. The van der Waals surface area contributed by atoms with E-state index in [1.165, 1.54) is 0 Å². The predicted molar refractivity (Wildman–Crippen MR) is 138 cm³/mol. The van der Waals surface area contributed by atoms with Crippen LogP contribution in [-0.4, -0.2) is 58.0 Å². The van der Waals surface area contributed by atoms with Crippen molar-refractivity contribution < 1.29 is 14.1 Å². The van der Waals surface area contributed by atoms with E-state index < -0.39 is 0 Å². The molecule has 0 fully saturated rings. The Balaban J connectivity index is 1.60. The van der Waals surface area contributed by atoms with Crippen LogP contribution in [0, 0.1) is 13.8 Å². The van der Waals surface area contributed by atoms with Gasteiger partial charge in [0.25, 0.3) is 5.91 Å². The van der Waals surface area contributed by atoms with Crippen molar-refractivity contribution in [2.75, 3.05) is 27.2 Å². The van der Waals surface area contributed by atoms with Crippen molar-refractivity contribution in [3.8, 4) is 28.3 Å². The summed E-state index contributed by atoms with van der Waals surface area (Å²) < 4.78 is 12.8. The molecule has 2 heterocycles. The second-order valence-corrected chi connectivity index (χ2v) is 9.21. The molecule has 0 radical (unpaired) electrons. The summed E-state index contributed by atoms with van der Waals surface area (Å²) in [7, 11) is 5.86. The summed E-state index contributed by atoms with van der Waals surface area (Å²) in [5, 5.41) is 11.5. The SMILES string of the molecule is Cc1nc(-c2cc(-c3cnn(C)c3)cc([C@@H](C)NC(=O)c3cc(OCCN(C)C)ccc3C)c2)no1. The third-order valence-electron chi connectivity index (χ3n) is 5.89. The van der Waals surface area contributed by atoms with Crippen LogP contribution in [0.15, 0.2) is 53.3 Å². The molecule has 0 saturated heterocycles. The minimum Gasteiger partial charge on any atom is -0.492 e. The van der Waals surface area contributed by atoms with Gasteiger partial charge in [-0.1, -0.05) is 11.2 Å². The van der Waals surface area contributed by atoms with Crippen LogP contribution >= 0.6 is 0 Å². The van der Waals surface area contributed by atoms with Gasteiger partial charge in [0.1, 0.15) is 12.4 Å². The van der Waals surface area contributed by atoms with E-state index in [1.54, 1.807) is 23.9 Å². The monoisotopic (exact) mass is 488 g/mol. The van der Waals surface area contributed by atoms with Crippen LogP contribution in [0.5, 0.6) is 5.75 Å². The molecule has 0 aliphatic carbocycles. The van der Waals surface area contributed by atoms with Gasteiger partial charge in [-0.15, -0.1) is 0 Å². The minimum absolute atomic E-state index is 0.165. The van der Waals surface area contributed by atoms with Gasteiger partial charge in [0.2, 0.25) is 11.7 Å². The number of likely N-dealkylation sites (N-methyl/N-ethyl adjacent to an activating group) is 1. The van der Waals surface area contributed by atoms with E-state index in [9.17, 15) is 4.79 Å². The van der Waals surface area contributed by atoms with Crippen LogP contribution in [0.3, 0.4) is 0 Å². The molecular formula is C27H32N6O3. The van der Waals surface area contributed by atoms with Gasteiger partial charge in [0.15, 0.2) is 0 Å². The Morgan fingerprint density at radius 3 is 2.58 bits per heavy atom. The lowest BCUT2D eigenvalue weighted by Gasteiger charge is -2.18. The highest BCUT2D eigenvalue weighted by atomic mass is 16.5. The summed E-state index contributed by atoms with van der Waals surface area (Å²) in [5.74, 6) is 1.50. The van der Waals surface area contributed by atoms with E-state index in [0.29, 0.717) is 29.6 Å². The van der Waals surface area contributed by atoms with Crippen molar-refractivity contribution in [3.63, 3.8) is 0 Å². The lowest BCUT2D eigenvalue weighted by molar-refractivity contribution is 0.0938. The lowest BCUT2D eigenvalue weighted by atomic mass is 9.97. The van der Waals surface area contributed by atoms with Gasteiger partial charge >= 0.3 is 0 Å². The summed E-state index contributed by atoms with van der Waals surface area (Å²) in [6, 6.07) is 11.3. The number of nitrogens with one attached hydrogen (secondary N) is 1. The Bertz CT molecular complexity index is 1300. The fraction of sp³-hybridized carbons (Fsp3) is 0.333. The topological polar surface area (TPSA) is 98.3 Å². The summed E-state index contributed by atoms with van der Waals surface area (Å²) >= 11 is 0. The average molecular weight is 489 g/mol. The molecule has 0 spiro atoms. The molecule has 188 valence electrons. The average Bonchev–Trinajstić information content (AvgIpc) is 3.47. The summed E-state index contributed by atoms with van der Waals surface area (Å²) in [6.07, 6.45) is 3.75. The number of aromatic nitrogens is 4. The number of rotatable bonds is 9. The Kier molecular flexibility index (Phi) is 7.49. The van der Waals surface area contributed by atoms with Crippen LogP contribution < -0.4 is 10.1 Å². The first-order chi connectivity index (χ1) is 17.2. The number of hydrogen-bond acceptors (Lipinski definition) is 7. The van der Waals surface area contributed by atoms with Crippen molar-refractivity contribution in [1.29, 1.82) is 0 Å². The quantitative estimate of drug-likeness (QED) is 0.377. The molecule has 0 bridgehead atoms. The lowest BCUT2D eigenvalue weighted by Crippen LogP contribution is -2.27. The first-order valence-electron chi connectivity index (χ1n) is 11.8. The highest BCUT2D eigenvalue weighted by molar-refractivity contribution is 5.96. The van der Waals surface area contributed by atoms with E-state index >= 15 is 0 Å². The van der Waals surface area contributed by atoms with Gasteiger partial charge in [-0.2, -0.15) is 10.1 Å². The van der Waals surface area contributed by atoms with Crippen molar-refractivity contribution in [2.24, 2.45) is 7.05 Å². The fourth-order valence-electron chi connectivity index (χ4n) is 3.82. The fourth-order valence-corrected chi connectivity index (χ4v) is 3.82. The molecule has 1 atom stereocenters. The van der Waals surface area contributed by atoms with Crippen LogP contribution in [0.1, 0.15) is 40.3 Å². The van der Waals surface area contributed by atoms with E-state index in [0.717, 1.165) is 34.4 Å². The maximum Gasteiger partial charge on any atom is 0.252 e. The van der Waals surface area contributed by atoms with Gasteiger partial charge in [-0.3, -0.25) is 9.48 Å². The number of carbonyl (C=O) groups excluding carboxylic acids is 1. The Hall–Kier alpha value is -3.98. The molecule has 2 aromatic carbocycles. The van der Waals surface area contributed by atoms with Gasteiger partial charge in [0.05, 0.1) is 12.2 Å². The van der Waals surface area contributed by atoms with Crippen LogP contribution in [0.2, 0.25) is 0 Å². The third-order valence-corrected chi connectivity index (χ3v) is 5.89. The van der Waals surface area contributed by atoms with Crippen LogP contribution in [0.25, 0.3) is 22.5 Å². The molecule has 1 amide bonds. The molecule has 4 rings (SSSR count). The molecule has 0 unspecified atom stereocenters. The van der Waals surface area contributed by atoms with E-state index in [-0.39, 0.29) is 11.9 Å². The molecule has 9 nitrogen and oxygen atoms in total. The number of carbonyl (C=O) groups is 1. The van der Waals surface area contributed by atoms with Crippen molar-refractivity contribution in [2.45, 2.75) is 26.8 Å². The van der Waals surface area contributed by atoms with Crippen LogP contribution in [0.4, 0.5) is 0 Å².